The highest BCUT2D eigenvalue weighted by atomic mass is 79.9. The summed E-state index contributed by atoms with van der Waals surface area (Å²) in [6.07, 6.45) is 1.06. The maximum absolute atomic E-state index is 5.49. The molecule has 0 heterocycles. The summed E-state index contributed by atoms with van der Waals surface area (Å²) in [6, 6.07) is 8.43. The third kappa shape index (κ3) is 2.61. The molecule has 12 heavy (non-hydrogen) atoms. The number of benzene rings is 1. The number of nitrogens with two attached hydrogens (primary N) is 1. The zero-order valence-electron chi connectivity index (χ0n) is 7.26. The monoisotopic (exact) mass is 227 g/mol. The minimum absolute atomic E-state index is 0.572. The van der Waals surface area contributed by atoms with Gasteiger partial charge in [0.15, 0.2) is 0 Å². The van der Waals surface area contributed by atoms with Gasteiger partial charge in [0.1, 0.15) is 0 Å². The summed E-state index contributed by atoms with van der Waals surface area (Å²) < 4.78 is 1.13. The standard InChI is InChI=1S/C10H14BrN/c1-8(6-7-12)9-2-4-10(11)5-3-9/h2-5,8H,6-7,12H2,1H3. The molecule has 1 aromatic rings. The van der Waals surface area contributed by atoms with Gasteiger partial charge in [0.25, 0.3) is 0 Å². The van der Waals surface area contributed by atoms with E-state index in [0.29, 0.717) is 5.92 Å². The van der Waals surface area contributed by atoms with Crippen LogP contribution in [0.5, 0.6) is 0 Å². The summed E-state index contributed by atoms with van der Waals surface area (Å²) >= 11 is 3.41. The first-order chi connectivity index (χ1) is 5.74. The average molecular weight is 228 g/mol. The molecule has 2 N–H and O–H groups in total. The fraction of sp³-hybridized carbons (Fsp3) is 0.400. The average Bonchev–Trinajstić information content (AvgIpc) is 2.06. The Labute approximate surface area is 82.1 Å². The molecular formula is C10H14BrN. The van der Waals surface area contributed by atoms with Crippen LogP contribution in [-0.4, -0.2) is 6.54 Å². The predicted octanol–water partition coefficient (Wildman–Crippen LogP) is 2.90. The zero-order valence-corrected chi connectivity index (χ0v) is 8.84. The smallest absolute Gasteiger partial charge is 0.0175 e. The van der Waals surface area contributed by atoms with Gasteiger partial charge in [-0.1, -0.05) is 35.0 Å². The molecule has 0 bridgehead atoms. The summed E-state index contributed by atoms with van der Waals surface area (Å²) in [5.41, 5.74) is 6.85. The fourth-order valence-corrected chi connectivity index (χ4v) is 1.47. The van der Waals surface area contributed by atoms with E-state index in [-0.39, 0.29) is 0 Å². The van der Waals surface area contributed by atoms with E-state index in [1.165, 1.54) is 5.56 Å². The summed E-state index contributed by atoms with van der Waals surface area (Å²) in [5, 5.41) is 0. The Morgan fingerprint density at radius 1 is 1.33 bits per heavy atom. The molecule has 1 atom stereocenters. The van der Waals surface area contributed by atoms with Crippen molar-refractivity contribution in [2.24, 2.45) is 5.73 Å². The van der Waals surface area contributed by atoms with Crippen LogP contribution in [0.2, 0.25) is 0 Å². The molecule has 1 rings (SSSR count). The van der Waals surface area contributed by atoms with E-state index in [2.05, 4.69) is 47.1 Å². The van der Waals surface area contributed by atoms with Crippen molar-refractivity contribution >= 4 is 15.9 Å². The van der Waals surface area contributed by atoms with Crippen molar-refractivity contribution in [2.45, 2.75) is 19.3 Å². The van der Waals surface area contributed by atoms with Gasteiger partial charge in [-0.15, -0.1) is 0 Å². The highest BCUT2D eigenvalue weighted by molar-refractivity contribution is 9.10. The molecule has 1 unspecified atom stereocenters. The molecule has 1 nitrogen and oxygen atoms in total. The van der Waals surface area contributed by atoms with Crippen LogP contribution in [0.3, 0.4) is 0 Å². The number of rotatable bonds is 3. The number of hydrogen-bond acceptors (Lipinski definition) is 1. The minimum atomic E-state index is 0.572. The van der Waals surface area contributed by atoms with Crippen molar-refractivity contribution in [3.63, 3.8) is 0 Å². The molecule has 0 spiro atoms. The van der Waals surface area contributed by atoms with Crippen molar-refractivity contribution < 1.29 is 0 Å². The molecule has 66 valence electrons. The second kappa shape index (κ2) is 4.63. The number of hydrogen-bond donors (Lipinski definition) is 1. The molecule has 0 amide bonds. The second-order valence-corrected chi connectivity index (χ2v) is 3.95. The molecule has 0 aromatic heterocycles. The second-order valence-electron chi connectivity index (χ2n) is 3.03. The molecular weight excluding hydrogens is 214 g/mol. The molecule has 0 aliphatic heterocycles. The number of halogens is 1. The van der Waals surface area contributed by atoms with Crippen molar-refractivity contribution in [1.82, 2.24) is 0 Å². The van der Waals surface area contributed by atoms with Crippen LogP contribution in [-0.2, 0) is 0 Å². The first kappa shape index (κ1) is 9.75. The lowest BCUT2D eigenvalue weighted by Crippen LogP contribution is -2.04. The Balaban J connectivity index is 2.68. The summed E-state index contributed by atoms with van der Waals surface area (Å²) in [5.74, 6) is 0.572. The topological polar surface area (TPSA) is 26.0 Å². The van der Waals surface area contributed by atoms with Crippen LogP contribution in [0.25, 0.3) is 0 Å². The van der Waals surface area contributed by atoms with Gasteiger partial charge >= 0.3 is 0 Å². The molecule has 0 saturated carbocycles. The first-order valence-electron chi connectivity index (χ1n) is 4.19. The van der Waals surface area contributed by atoms with Crippen molar-refractivity contribution in [2.75, 3.05) is 6.54 Å². The van der Waals surface area contributed by atoms with E-state index >= 15 is 0 Å². The Hall–Kier alpha value is -0.340. The Morgan fingerprint density at radius 2 is 1.92 bits per heavy atom. The summed E-state index contributed by atoms with van der Waals surface area (Å²) in [6.45, 7) is 2.97. The molecule has 0 radical (unpaired) electrons. The molecule has 0 fully saturated rings. The van der Waals surface area contributed by atoms with Crippen LogP contribution < -0.4 is 5.73 Å². The fourth-order valence-electron chi connectivity index (χ4n) is 1.21. The van der Waals surface area contributed by atoms with Crippen LogP contribution in [0.1, 0.15) is 24.8 Å². The maximum Gasteiger partial charge on any atom is 0.0175 e. The van der Waals surface area contributed by atoms with Gasteiger partial charge in [-0.05, 0) is 36.6 Å². The Morgan fingerprint density at radius 3 is 2.42 bits per heavy atom. The Bertz CT molecular complexity index is 230. The highest BCUT2D eigenvalue weighted by Crippen LogP contribution is 2.20. The minimum Gasteiger partial charge on any atom is -0.330 e. The predicted molar refractivity (Wildman–Crippen MR) is 56.2 cm³/mol. The van der Waals surface area contributed by atoms with E-state index in [1.807, 2.05) is 0 Å². The summed E-state index contributed by atoms with van der Waals surface area (Å²) in [7, 11) is 0. The van der Waals surface area contributed by atoms with Crippen LogP contribution in [0.4, 0.5) is 0 Å². The lowest BCUT2D eigenvalue weighted by atomic mass is 9.98. The normalized spacial score (nSPS) is 12.9. The SMILES string of the molecule is CC(CCN)c1ccc(Br)cc1. The largest absolute Gasteiger partial charge is 0.330 e. The van der Waals surface area contributed by atoms with Gasteiger partial charge in [-0.25, -0.2) is 0 Å². The van der Waals surface area contributed by atoms with Gasteiger partial charge in [0, 0.05) is 4.47 Å². The van der Waals surface area contributed by atoms with E-state index in [9.17, 15) is 0 Å². The zero-order chi connectivity index (χ0) is 8.97. The molecule has 0 saturated heterocycles. The van der Waals surface area contributed by atoms with Crippen LogP contribution in [0.15, 0.2) is 28.7 Å². The van der Waals surface area contributed by atoms with E-state index in [0.717, 1.165) is 17.4 Å². The van der Waals surface area contributed by atoms with E-state index in [4.69, 9.17) is 5.73 Å². The van der Waals surface area contributed by atoms with Gasteiger partial charge in [-0.2, -0.15) is 0 Å². The van der Waals surface area contributed by atoms with Crippen LogP contribution in [0, 0.1) is 0 Å². The lowest BCUT2D eigenvalue weighted by Gasteiger charge is -2.09. The summed E-state index contributed by atoms with van der Waals surface area (Å²) in [4.78, 5) is 0. The maximum atomic E-state index is 5.49. The van der Waals surface area contributed by atoms with Crippen molar-refractivity contribution in [3.8, 4) is 0 Å². The van der Waals surface area contributed by atoms with Crippen LogP contribution >= 0.6 is 15.9 Å². The van der Waals surface area contributed by atoms with E-state index < -0.39 is 0 Å². The molecule has 0 aliphatic rings. The molecule has 2 heteroatoms. The third-order valence-electron chi connectivity index (χ3n) is 2.04. The van der Waals surface area contributed by atoms with Crippen molar-refractivity contribution in [1.29, 1.82) is 0 Å². The highest BCUT2D eigenvalue weighted by Gasteiger charge is 2.02. The van der Waals surface area contributed by atoms with Gasteiger partial charge in [0.05, 0.1) is 0 Å². The third-order valence-corrected chi connectivity index (χ3v) is 2.57. The quantitative estimate of drug-likeness (QED) is 0.845. The van der Waals surface area contributed by atoms with E-state index in [1.54, 1.807) is 0 Å². The lowest BCUT2D eigenvalue weighted by molar-refractivity contribution is 0.690. The van der Waals surface area contributed by atoms with Crippen molar-refractivity contribution in [3.05, 3.63) is 34.3 Å². The molecule has 1 aromatic carbocycles. The van der Waals surface area contributed by atoms with Gasteiger partial charge < -0.3 is 5.73 Å². The van der Waals surface area contributed by atoms with Gasteiger partial charge in [0.2, 0.25) is 0 Å². The Kier molecular flexibility index (Phi) is 3.76. The van der Waals surface area contributed by atoms with Gasteiger partial charge in [-0.3, -0.25) is 0 Å². The molecule has 0 aliphatic carbocycles. The first-order valence-corrected chi connectivity index (χ1v) is 4.99.